The minimum atomic E-state index is -3.89. The Hall–Kier alpha value is -2.82. The van der Waals surface area contributed by atoms with Gasteiger partial charge < -0.3 is 10.1 Å². The summed E-state index contributed by atoms with van der Waals surface area (Å²) in [6, 6.07) is 14.6. The number of carbonyl (C=O) groups excluding carboxylic acids is 1. The second-order valence-electron chi connectivity index (χ2n) is 6.83. The Morgan fingerprint density at radius 3 is 2.65 bits per heavy atom. The molecule has 6 nitrogen and oxygen atoms in total. The highest BCUT2D eigenvalue weighted by atomic mass is 32.2. The molecule has 0 saturated carbocycles. The number of hydrogen-bond donors (Lipinski definition) is 1. The molecule has 0 bridgehead atoms. The van der Waals surface area contributed by atoms with E-state index in [1.165, 1.54) is 40.0 Å². The topological polar surface area (TPSA) is 75.7 Å². The third-order valence-electron chi connectivity index (χ3n) is 4.87. The average Bonchev–Trinajstić information content (AvgIpc) is 3.24. The van der Waals surface area contributed by atoms with Gasteiger partial charge in [-0.1, -0.05) is 30.3 Å². The first-order valence-electron chi connectivity index (χ1n) is 9.35. The van der Waals surface area contributed by atoms with Crippen LogP contribution >= 0.6 is 11.3 Å². The van der Waals surface area contributed by atoms with E-state index in [4.69, 9.17) is 0 Å². The van der Waals surface area contributed by atoms with Crippen molar-refractivity contribution in [2.75, 3.05) is 11.9 Å². The molecule has 1 aromatic heterocycles. The van der Waals surface area contributed by atoms with E-state index in [9.17, 15) is 22.0 Å². The van der Waals surface area contributed by atoms with Gasteiger partial charge in [-0.3, -0.25) is 4.79 Å². The average molecular weight is 465 g/mol. The zero-order valence-electron chi connectivity index (χ0n) is 16.1. The van der Waals surface area contributed by atoms with Gasteiger partial charge in [-0.15, -0.1) is 11.3 Å². The van der Waals surface area contributed by atoms with Gasteiger partial charge in [0.15, 0.2) is 0 Å². The number of benzene rings is 2. The predicted molar refractivity (Wildman–Crippen MR) is 113 cm³/mol. The van der Waals surface area contributed by atoms with Crippen LogP contribution in [0.1, 0.15) is 20.8 Å². The van der Waals surface area contributed by atoms with E-state index in [-0.39, 0.29) is 27.8 Å². The van der Waals surface area contributed by atoms with Crippen LogP contribution in [-0.4, -0.2) is 31.8 Å². The Balaban J connectivity index is 1.55. The summed E-state index contributed by atoms with van der Waals surface area (Å²) in [7, 11) is -3.89. The van der Waals surface area contributed by atoms with Gasteiger partial charge in [-0.25, -0.2) is 8.42 Å². The molecule has 10 heteroatoms. The fraction of sp³-hybridized carbons (Fsp3) is 0.190. The number of nitrogens with one attached hydrogen (secondary N) is 1. The molecule has 1 N–H and O–H groups in total. The first kappa shape index (κ1) is 21.4. The SMILES string of the molecule is O=C(Nc1cccc(OC(F)F)c1)c1sccc1S(=O)(=O)N1CCc2ccccc2C1. The molecule has 0 radical (unpaired) electrons. The number of carbonyl (C=O) groups is 1. The molecule has 1 aliphatic heterocycles. The largest absolute Gasteiger partial charge is 0.435 e. The third-order valence-corrected chi connectivity index (χ3v) is 7.80. The Bertz CT molecular complexity index is 1210. The highest BCUT2D eigenvalue weighted by Crippen LogP contribution is 2.30. The zero-order valence-corrected chi connectivity index (χ0v) is 17.8. The Labute approximate surface area is 182 Å². The Morgan fingerprint density at radius 2 is 1.87 bits per heavy atom. The van der Waals surface area contributed by atoms with E-state index in [0.717, 1.165) is 22.5 Å². The van der Waals surface area contributed by atoms with Crippen molar-refractivity contribution in [3.8, 4) is 5.75 Å². The minimum Gasteiger partial charge on any atom is -0.435 e. The molecule has 0 atom stereocenters. The van der Waals surface area contributed by atoms with Gasteiger partial charge in [-0.05, 0) is 41.1 Å². The number of nitrogens with zero attached hydrogens (tertiary/aromatic N) is 1. The van der Waals surface area contributed by atoms with Crippen molar-refractivity contribution < 1.29 is 26.7 Å². The van der Waals surface area contributed by atoms with Crippen molar-refractivity contribution in [3.05, 3.63) is 76.0 Å². The lowest BCUT2D eigenvalue weighted by Gasteiger charge is -2.28. The lowest BCUT2D eigenvalue weighted by Crippen LogP contribution is -2.36. The smallest absolute Gasteiger partial charge is 0.387 e. The molecule has 0 saturated heterocycles. The maximum absolute atomic E-state index is 13.3. The standard InChI is InChI=1S/C21H18F2N2O4S2/c22-21(23)29-17-7-3-6-16(12-17)24-20(26)19-18(9-11-30-19)31(27,28)25-10-8-14-4-1-2-5-15(14)13-25/h1-7,9,11-12,21H,8,10,13H2,(H,24,26). The van der Waals surface area contributed by atoms with Gasteiger partial charge in [0.2, 0.25) is 10.0 Å². The number of amides is 1. The molecule has 0 fully saturated rings. The normalized spacial score (nSPS) is 14.3. The Kier molecular flexibility index (Phi) is 6.03. The van der Waals surface area contributed by atoms with Crippen LogP contribution in [0.5, 0.6) is 5.75 Å². The second kappa shape index (κ2) is 8.74. The molecule has 31 heavy (non-hydrogen) atoms. The minimum absolute atomic E-state index is 0.0269. The van der Waals surface area contributed by atoms with Gasteiger partial charge in [0, 0.05) is 24.8 Å². The van der Waals surface area contributed by atoms with E-state index in [1.807, 2.05) is 24.3 Å². The molecule has 4 rings (SSSR count). The number of alkyl halides is 2. The number of rotatable bonds is 6. The molecular formula is C21H18F2N2O4S2. The van der Waals surface area contributed by atoms with Crippen LogP contribution in [0.4, 0.5) is 14.5 Å². The van der Waals surface area contributed by atoms with Crippen LogP contribution in [0.15, 0.2) is 64.9 Å². The van der Waals surface area contributed by atoms with Gasteiger partial charge in [-0.2, -0.15) is 13.1 Å². The quantitative estimate of drug-likeness (QED) is 0.589. The van der Waals surface area contributed by atoms with Crippen molar-refractivity contribution in [2.24, 2.45) is 0 Å². The van der Waals surface area contributed by atoms with Gasteiger partial charge in [0.1, 0.15) is 15.5 Å². The summed E-state index contributed by atoms with van der Waals surface area (Å²) < 4.78 is 57.0. The summed E-state index contributed by atoms with van der Waals surface area (Å²) in [6.07, 6.45) is 0.595. The number of ether oxygens (including phenoxy) is 1. The molecule has 162 valence electrons. The number of halogens is 2. The number of sulfonamides is 1. The fourth-order valence-electron chi connectivity index (χ4n) is 3.42. The van der Waals surface area contributed by atoms with Gasteiger partial charge in [0.05, 0.1) is 0 Å². The lowest BCUT2D eigenvalue weighted by atomic mass is 10.0. The molecule has 0 spiro atoms. The third kappa shape index (κ3) is 4.60. The van der Waals surface area contributed by atoms with Crippen LogP contribution in [-0.2, 0) is 23.0 Å². The van der Waals surface area contributed by atoms with Crippen LogP contribution < -0.4 is 10.1 Å². The summed E-state index contributed by atoms with van der Waals surface area (Å²) in [5.41, 5.74) is 2.27. The van der Waals surface area contributed by atoms with E-state index in [0.29, 0.717) is 13.0 Å². The van der Waals surface area contributed by atoms with E-state index < -0.39 is 22.5 Å². The summed E-state index contributed by atoms with van der Waals surface area (Å²) in [4.78, 5) is 12.7. The fourth-order valence-corrected chi connectivity index (χ4v) is 6.13. The molecule has 2 heterocycles. The van der Waals surface area contributed by atoms with E-state index in [1.54, 1.807) is 0 Å². The van der Waals surface area contributed by atoms with Crippen LogP contribution in [0.25, 0.3) is 0 Å². The molecule has 0 aliphatic carbocycles. The molecule has 3 aromatic rings. The van der Waals surface area contributed by atoms with Crippen molar-refractivity contribution >= 4 is 33.0 Å². The molecule has 2 aromatic carbocycles. The number of anilines is 1. The summed E-state index contributed by atoms with van der Waals surface area (Å²) in [5.74, 6) is -0.751. The number of hydrogen-bond acceptors (Lipinski definition) is 5. The first-order valence-corrected chi connectivity index (χ1v) is 11.7. The summed E-state index contributed by atoms with van der Waals surface area (Å²) in [5, 5.41) is 4.09. The summed E-state index contributed by atoms with van der Waals surface area (Å²) >= 11 is 0.999. The first-order chi connectivity index (χ1) is 14.8. The van der Waals surface area contributed by atoms with E-state index >= 15 is 0 Å². The highest BCUT2D eigenvalue weighted by molar-refractivity contribution is 7.89. The number of thiophene rings is 1. The molecule has 0 unspecified atom stereocenters. The van der Waals surface area contributed by atoms with Crippen molar-refractivity contribution in [1.29, 1.82) is 0 Å². The molecular weight excluding hydrogens is 446 g/mol. The summed E-state index contributed by atoms with van der Waals surface area (Å²) in [6.45, 7) is -2.43. The van der Waals surface area contributed by atoms with Gasteiger partial charge >= 0.3 is 6.61 Å². The highest BCUT2D eigenvalue weighted by Gasteiger charge is 2.32. The molecule has 1 amide bonds. The van der Waals surface area contributed by atoms with Crippen LogP contribution in [0, 0.1) is 0 Å². The Morgan fingerprint density at radius 1 is 1.10 bits per heavy atom. The van der Waals surface area contributed by atoms with Crippen molar-refractivity contribution in [1.82, 2.24) is 4.31 Å². The monoisotopic (exact) mass is 464 g/mol. The van der Waals surface area contributed by atoms with Crippen molar-refractivity contribution in [2.45, 2.75) is 24.5 Å². The second-order valence-corrected chi connectivity index (χ2v) is 9.65. The van der Waals surface area contributed by atoms with Crippen molar-refractivity contribution in [3.63, 3.8) is 0 Å². The number of fused-ring (bicyclic) bond motifs is 1. The lowest BCUT2D eigenvalue weighted by molar-refractivity contribution is -0.0498. The zero-order chi connectivity index (χ0) is 22.0. The van der Waals surface area contributed by atoms with Gasteiger partial charge in [0.25, 0.3) is 5.91 Å². The van der Waals surface area contributed by atoms with E-state index in [2.05, 4.69) is 10.1 Å². The maximum Gasteiger partial charge on any atom is 0.387 e. The van der Waals surface area contributed by atoms with Crippen LogP contribution in [0.3, 0.4) is 0 Å². The maximum atomic E-state index is 13.3. The predicted octanol–water partition coefficient (Wildman–Crippen LogP) is 4.35. The van der Waals surface area contributed by atoms with Crippen LogP contribution in [0.2, 0.25) is 0 Å². The molecule has 1 aliphatic rings.